The molecule has 8 heteroatoms. The van der Waals surface area contributed by atoms with E-state index in [1.165, 1.54) is 7.11 Å². The Bertz CT molecular complexity index is 436. The Kier molecular flexibility index (Phi) is 4.01. The average Bonchev–Trinajstić information content (AvgIpc) is 2.38. The van der Waals surface area contributed by atoms with E-state index < -0.39 is 5.60 Å². The fraction of sp³-hybridized carbons (Fsp3) is 0.727. The summed E-state index contributed by atoms with van der Waals surface area (Å²) in [5.41, 5.74) is 4.80. The standard InChI is InChI=1S/C11H19N5O3/c1-16(7-11(17)3-5-19-6-4-11)9-13-8(12)14-10(15-9)18-2/h17H,3-7H2,1-2H3,(H2,12,13,14,15). The van der Waals surface area contributed by atoms with Crippen molar-refractivity contribution in [3.63, 3.8) is 0 Å². The molecule has 1 aromatic heterocycles. The maximum Gasteiger partial charge on any atom is 0.322 e. The Morgan fingerprint density at radius 2 is 2.05 bits per heavy atom. The summed E-state index contributed by atoms with van der Waals surface area (Å²) < 4.78 is 10.2. The number of aliphatic hydroxyl groups is 1. The third kappa shape index (κ3) is 3.42. The number of anilines is 2. The number of methoxy groups -OCH3 is 1. The lowest BCUT2D eigenvalue weighted by Gasteiger charge is -2.35. The van der Waals surface area contributed by atoms with Crippen LogP contribution < -0.4 is 15.4 Å². The molecule has 8 nitrogen and oxygen atoms in total. The lowest BCUT2D eigenvalue weighted by Crippen LogP contribution is -2.46. The number of rotatable bonds is 4. The van der Waals surface area contributed by atoms with Crippen molar-refractivity contribution in [1.29, 1.82) is 0 Å². The number of hydrogen-bond donors (Lipinski definition) is 2. The highest BCUT2D eigenvalue weighted by Gasteiger charge is 2.32. The number of nitrogens with zero attached hydrogens (tertiary/aromatic N) is 4. The third-order valence-corrected chi connectivity index (χ3v) is 3.10. The average molecular weight is 269 g/mol. The van der Waals surface area contributed by atoms with Gasteiger partial charge in [0.05, 0.1) is 12.7 Å². The van der Waals surface area contributed by atoms with E-state index in [2.05, 4.69) is 15.0 Å². The number of nitrogens with two attached hydrogens (primary N) is 1. The van der Waals surface area contributed by atoms with E-state index in [9.17, 15) is 5.11 Å². The van der Waals surface area contributed by atoms with Gasteiger partial charge in [-0.05, 0) is 0 Å². The van der Waals surface area contributed by atoms with E-state index in [0.717, 1.165) is 0 Å². The minimum atomic E-state index is -0.790. The Labute approximate surface area is 111 Å². The molecule has 0 amide bonds. The molecule has 0 aliphatic carbocycles. The van der Waals surface area contributed by atoms with Crippen LogP contribution in [0, 0.1) is 0 Å². The molecule has 2 heterocycles. The largest absolute Gasteiger partial charge is 0.467 e. The van der Waals surface area contributed by atoms with Crippen LogP contribution in [-0.2, 0) is 4.74 Å². The lowest BCUT2D eigenvalue weighted by atomic mass is 9.94. The van der Waals surface area contributed by atoms with Gasteiger partial charge in [0.15, 0.2) is 0 Å². The van der Waals surface area contributed by atoms with E-state index in [4.69, 9.17) is 15.2 Å². The minimum absolute atomic E-state index is 0.0904. The minimum Gasteiger partial charge on any atom is -0.467 e. The highest BCUT2D eigenvalue weighted by molar-refractivity contribution is 5.35. The molecule has 0 atom stereocenters. The molecule has 1 aromatic rings. The summed E-state index contributed by atoms with van der Waals surface area (Å²) in [5.74, 6) is 0.469. The summed E-state index contributed by atoms with van der Waals surface area (Å²) in [4.78, 5) is 13.7. The van der Waals surface area contributed by atoms with Crippen LogP contribution in [0.3, 0.4) is 0 Å². The summed E-state index contributed by atoms with van der Waals surface area (Å²) >= 11 is 0. The first-order valence-corrected chi connectivity index (χ1v) is 6.09. The summed E-state index contributed by atoms with van der Waals surface area (Å²) in [6.07, 6.45) is 1.18. The van der Waals surface area contributed by atoms with Gasteiger partial charge in [0.25, 0.3) is 0 Å². The van der Waals surface area contributed by atoms with Gasteiger partial charge in [-0.25, -0.2) is 0 Å². The van der Waals surface area contributed by atoms with E-state index in [-0.39, 0.29) is 12.0 Å². The molecule has 0 unspecified atom stereocenters. The van der Waals surface area contributed by atoms with Crippen molar-refractivity contribution in [2.45, 2.75) is 18.4 Å². The van der Waals surface area contributed by atoms with Gasteiger partial charge in [-0.15, -0.1) is 0 Å². The molecule has 0 bridgehead atoms. The zero-order valence-corrected chi connectivity index (χ0v) is 11.2. The van der Waals surface area contributed by atoms with Crippen LogP contribution in [0.25, 0.3) is 0 Å². The van der Waals surface area contributed by atoms with Crippen molar-refractivity contribution in [1.82, 2.24) is 15.0 Å². The van der Waals surface area contributed by atoms with Gasteiger partial charge in [0, 0.05) is 39.6 Å². The normalized spacial score (nSPS) is 18.1. The molecule has 0 saturated carbocycles. The lowest BCUT2D eigenvalue weighted by molar-refractivity contribution is -0.0574. The van der Waals surface area contributed by atoms with E-state index in [0.29, 0.717) is 38.5 Å². The van der Waals surface area contributed by atoms with Crippen LogP contribution in [0.15, 0.2) is 0 Å². The van der Waals surface area contributed by atoms with Crippen molar-refractivity contribution >= 4 is 11.9 Å². The summed E-state index contributed by atoms with van der Waals surface area (Å²) in [6.45, 7) is 1.53. The van der Waals surface area contributed by atoms with Crippen LogP contribution >= 0.6 is 0 Å². The smallest absolute Gasteiger partial charge is 0.322 e. The van der Waals surface area contributed by atoms with E-state index >= 15 is 0 Å². The van der Waals surface area contributed by atoms with Gasteiger partial charge in [-0.3, -0.25) is 0 Å². The maximum absolute atomic E-state index is 10.4. The third-order valence-electron chi connectivity index (χ3n) is 3.10. The second-order valence-electron chi connectivity index (χ2n) is 4.67. The summed E-state index contributed by atoms with van der Waals surface area (Å²) in [6, 6.07) is 0.160. The Morgan fingerprint density at radius 3 is 2.68 bits per heavy atom. The molecule has 0 radical (unpaired) electrons. The van der Waals surface area contributed by atoms with Crippen molar-refractivity contribution < 1.29 is 14.6 Å². The Hall–Kier alpha value is -1.67. The number of likely N-dealkylation sites (N-methyl/N-ethyl adjacent to an activating group) is 1. The second-order valence-corrected chi connectivity index (χ2v) is 4.67. The van der Waals surface area contributed by atoms with Gasteiger partial charge in [0.2, 0.25) is 11.9 Å². The quantitative estimate of drug-likeness (QED) is 0.749. The molecule has 19 heavy (non-hydrogen) atoms. The SMILES string of the molecule is COc1nc(N)nc(N(C)CC2(O)CCOCC2)n1. The highest BCUT2D eigenvalue weighted by Crippen LogP contribution is 2.23. The first-order valence-electron chi connectivity index (χ1n) is 6.09. The van der Waals surface area contributed by atoms with Gasteiger partial charge in [-0.1, -0.05) is 0 Å². The fourth-order valence-electron chi connectivity index (χ4n) is 2.04. The van der Waals surface area contributed by atoms with Crippen molar-refractivity contribution in [2.24, 2.45) is 0 Å². The number of aromatic nitrogens is 3. The van der Waals surface area contributed by atoms with Gasteiger partial charge in [-0.2, -0.15) is 15.0 Å². The van der Waals surface area contributed by atoms with E-state index in [1.807, 2.05) is 0 Å². The molecule has 1 aliphatic heterocycles. The molecule has 0 spiro atoms. The van der Waals surface area contributed by atoms with Crippen LogP contribution in [-0.4, -0.2) is 59.6 Å². The topological polar surface area (TPSA) is 107 Å². The first-order chi connectivity index (χ1) is 9.02. The van der Waals surface area contributed by atoms with Crippen molar-refractivity contribution in [3.8, 4) is 6.01 Å². The van der Waals surface area contributed by atoms with Crippen LogP contribution in [0.4, 0.5) is 11.9 Å². The monoisotopic (exact) mass is 269 g/mol. The summed E-state index contributed by atoms with van der Waals surface area (Å²) in [5, 5.41) is 10.4. The van der Waals surface area contributed by atoms with E-state index in [1.54, 1.807) is 11.9 Å². The molecule has 1 saturated heterocycles. The van der Waals surface area contributed by atoms with Crippen molar-refractivity contribution in [3.05, 3.63) is 0 Å². The number of ether oxygens (including phenoxy) is 2. The first kappa shape index (κ1) is 13.8. The fourth-order valence-corrected chi connectivity index (χ4v) is 2.04. The molecule has 1 aliphatic rings. The molecular weight excluding hydrogens is 250 g/mol. The van der Waals surface area contributed by atoms with Crippen LogP contribution in [0.2, 0.25) is 0 Å². The predicted octanol–water partition coefficient (Wildman–Crippen LogP) is -0.560. The zero-order chi connectivity index (χ0) is 13.9. The molecule has 3 N–H and O–H groups in total. The molecule has 0 aromatic carbocycles. The Morgan fingerprint density at radius 1 is 1.37 bits per heavy atom. The summed E-state index contributed by atoms with van der Waals surface area (Å²) in [7, 11) is 3.26. The van der Waals surface area contributed by atoms with Crippen LogP contribution in [0.1, 0.15) is 12.8 Å². The van der Waals surface area contributed by atoms with Gasteiger partial charge in [0.1, 0.15) is 0 Å². The van der Waals surface area contributed by atoms with Gasteiger partial charge < -0.3 is 25.2 Å². The molecule has 2 rings (SSSR count). The van der Waals surface area contributed by atoms with Crippen molar-refractivity contribution in [2.75, 3.05) is 44.5 Å². The molecular formula is C11H19N5O3. The number of nitrogen functional groups attached to an aromatic ring is 1. The van der Waals surface area contributed by atoms with Crippen LogP contribution in [0.5, 0.6) is 6.01 Å². The molecule has 106 valence electrons. The zero-order valence-electron chi connectivity index (χ0n) is 11.2. The maximum atomic E-state index is 10.4. The second kappa shape index (κ2) is 5.54. The predicted molar refractivity (Wildman–Crippen MR) is 69.1 cm³/mol. The highest BCUT2D eigenvalue weighted by atomic mass is 16.5. The van der Waals surface area contributed by atoms with Gasteiger partial charge >= 0.3 is 6.01 Å². The Balaban J connectivity index is 2.10. The molecule has 1 fully saturated rings. The number of hydrogen-bond acceptors (Lipinski definition) is 8.